The lowest BCUT2D eigenvalue weighted by Gasteiger charge is -2.02. The number of hydrogen-bond acceptors (Lipinski definition) is 2. The SMILES string of the molecule is Cc1ncc(-c2ccc(Cl)nc2)cc1Cl. The van der Waals surface area contributed by atoms with Crippen LogP contribution in [0.4, 0.5) is 0 Å². The van der Waals surface area contributed by atoms with Crippen molar-refractivity contribution < 1.29 is 0 Å². The van der Waals surface area contributed by atoms with Crippen molar-refractivity contribution in [1.82, 2.24) is 9.97 Å². The standard InChI is InChI=1S/C11H8Cl2N2/c1-7-10(12)4-9(6-14-7)8-2-3-11(13)15-5-8/h2-6H,1H3. The number of nitrogens with zero attached hydrogens (tertiary/aromatic N) is 2. The zero-order valence-corrected chi connectivity index (χ0v) is 9.55. The van der Waals surface area contributed by atoms with Crippen molar-refractivity contribution in [3.63, 3.8) is 0 Å². The van der Waals surface area contributed by atoms with Crippen LogP contribution < -0.4 is 0 Å². The van der Waals surface area contributed by atoms with E-state index in [4.69, 9.17) is 23.2 Å². The molecule has 0 N–H and O–H groups in total. The van der Waals surface area contributed by atoms with Gasteiger partial charge in [0.15, 0.2) is 0 Å². The normalized spacial score (nSPS) is 10.3. The summed E-state index contributed by atoms with van der Waals surface area (Å²) in [5.74, 6) is 0. The fourth-order valence-electron chi connectivity index (χ4n) is 1.21. The molecular formula is C11H8Cl2N2. The molecule has 0 atom stereocenters. The molecule has 15 heavy (non-hydrogen) atoms. The smallest absolute Gasteiger partial charge is 0.129 e. The molecule has 2 heterocycles. The van der Waals surface area contributed by atoms with Crippen molar-refractivity contribution in [3.8, 4) is 11.1 Å². The molecule has 0 saturated heterocycles. The molecule has 4 heteroatoms. The summed E-state index contributed by atoms with van der Waals surface area (Å²) in [7, 11) is 0. The topological polar surface area (TPSA) is 25.8 Å². The molecule has 0 unspecified atom stereocenters. The first-order valence-corrected chi connectivity index (χ1v) is 5.16. The number of halogens is 2. The van der Waals surface area contributed by atoms with Crippen LogP contribution >= 0.6 is 23.2 Å². The minimum atomic E-state index is 0.477. The van der Waals surface area contributed by atoms with Crippen LogP contribution in [0.5, 0.6) is 0 Å². The summed E-state index contributed by atoms with van der Waals surface area (Å²) in [6.45, 7) is 1.87. The van der Waals surface area contributed by atoms with E-state index in [2.05, 4.69) is 9.97 Å². The Balaban J connectivity index is 2.45. The summed E-state index contributed by atoms with van der Waals surface area (Å²) < 4.78 is 0. The first-order chi connectivity index (χ1) is 7.16. The van der Waals surface area contributed by atoms with E-state index >= 15 is 0 Å². The van der Waals surface area contributed by atoms with Crippen molar-refractivity contribution >= 4 is 23.2 Å². The maximum Gasteiger partial charge on any atom is 0.129 e. The van der Waals surface area contributed by atoms with Crippen LogP contribution in [0, 0.1) is 6.92 Å². The minimum absolute atomic E-state index is 0.477. The summed E-state index contributed by atoms with van der Waals surface area (Å²) >= 11 is 11.7. The summed E-state index contributed by atoms with van der Waals surface area (Å²) in [6.07, 6.45) is 3.47. The van der Waals surface area contributed by atoms with Crippen LogP contribution in [0.1, 0.15) is 5.69 Å². The summed E-state index contributed by atoms with van der Waals surface area (Å²) in [5, 5.41) is 1.13. The fraction of sp³-hybridized carbons (Fsp3) is 0.0909. The first-order valence-electron chi connectivity index (χ1n) is 4.41. The largest absolute Gasteiger partial charge is 0.259 e. The molecule has 0 radical (unpaired) electrons. The van der Waals surface area contributed by atoms with Crippen LogP contribution in [0.25, 0.3) is 11.1 Å². The molecule has 76 valence electrons. The Bertz CT molecular complexity index is 480. The lowest BCUT2D eigenvalue weighted by molar-refractivity contribution is 1.20. The van der Waals surface area contributed by atoms with Crippen molar-refractivity contribution in [3.05, 3.63) is 46.5 Å². The monoisotopic (exact) mass is 238 g/mol. The van der Waals surface area contributed by atoms with Gasteiger partial charge in [-0.25, -0.2) is 4.98 Å². The van der Waals surface area contributed by atoms with E-state index in [-0.39, 0.29) is 0 Å². The van der Waals surface area contributed by atoms with Gasteiger partial charge in [0.25, 0.3) is 0 Å². The molecule has 0 fully saturated rings. The van der Waals surface area contributed by atoms with Gasteiger partial charge in [0.2, 0.25) is 0 Å². The third kappa shape index (κ3) is 2.28. The van der Waals surface area contributed by atoms with Crippen molar-refractivity contribution in [1.29, 1.82) is 0 Å². The number of aryl methyl sites for hydroxylation is 1. The molecule has 0 aliphatic heterocycles. The highest BCUT2D eigenvalue weighted by Gasteiger charge is 2.02. The Morgan fingerprint density at radius 1 is 1.00 bits per heavy atom. The van der Waals surface area contributed by atoms with E-state index in [1.54, 1.807) is 18.5 Å². The summed E-state index contributed by atoms with van der Waals surface area (Å²) in [6, 6.07) is 5.50. The van der Waals surface area contributed by atoms with Crippen molar-refractivity contribution in [2.24, 2.45) is 0 Å². The Kier molecular flexibility index (Phi) is 2.89. The molecule has 0 aromatic carbocycles. The predicted molar refractivity (Wildman–Crippen MR) is 62.2 cm³/mol. The Hall–Kier alpha value is -1.12. The van der Waals surface area contributed by atoms with E-state index < -0.39 is 0 Å². The molecular weight excluding hydrogens is 231 g/mol. The third-order valence-corrected chi connectivity index (χ3v) is 2.69. The Morgan fingerprint density at radius 2 is 1.73 bits per heavy atom. The molecule has 0 saturated carbocycles. The molecule has 0 bridgehead atoms. The average molecular weight is 239 g/mol. The van der Waals surface area contributed by atoms with Gasteiger partial charge in [-0.2, -0.15) is 0 Å². The van der Waals surface area contributed by atoms with Gasteiger partial charge in [-0.15, -0.1) is 0 Å². The zero-order chi connectivity index (χ0) is 10.8. The van der Waals surface area contributed by atoms with Crippen molar-refractivity contribution in [2.45, 2.75) is 6.92 Å². The molecule has 0 amide bonds. The molecule has 2 nitrogen and oxygen atoms in total. The second-order valence-corrected chi connectivity index (χ2v) is 3.96. The second-order valence-electron chi connectivity index (χ2n) is 3.16. The van der Waals surface area contributed by atoms with Gasteiger partial charge < -0.3 is 0 Å². The summed E-state index contributed by atoms with van der Waals surface area (Å²) in [5.41, 5.74) is 2.71. The summed E-state index contributed by atoms with van der Waals surface area (Å²) in [4.78, 5) is 8.19. The highest BCUT2D eigenvalue weighted by atomic mass is 35.5. The van der Waals surface area contributed by atoms with Gasteiger partial charge in [0.1, 0.15) is 5.15 Å². The highest BCUT2D eigenvalue weighted by molar-refractivity contribution is 6.31. The Labute approximate surface area is 97.9 Å². The molecule has 0 aliphatic rings. The van der Waals surface area contributed by atoms with E-state index in [1.807, 2.05) is 19.1 Å². The van der Waals surface area contributed by atoms with Gasteiger partial charge in [0.05, 0.1) is 10.7 Å². The second kappa shape index (κ2) is 4.17. The first kappa shape index (κ1) is 10.4. The van der Waals surface area contributed by atoms with Crippen LogP contribution in [0.2, 0.25) is 10.2 Å². The highest BCUT2D eigenvalue weighted by Crippen LogP contribution is 2.23. The molecule has 0 spiro atoms. The number of hydrogen-bond donors (Lipinski definition) is 0. The van der Waals surface area contributed by atoms with Crippen molar-refractivity contribution in [2.75, 3.05) is 0 Å². The third-order valence-electron chi connectivity index (χ3n) is 2.09. The average Bonchev–Trinajstić information content (AvgIpc) is 2.23. The Morgan fingerprint density at radius 3 is 2.33 bits per heavy atom. The van der Waals surface area contributed by atoms with Gasteiger partial charge in [-0.05, 0) is 25.1 Å². The quantitative estimate of drug-likeness (QED) is 0.708. The number of rotatable bonds is 1. The fourth-order valence-corrected chi connectivity index (χ4v) is 1.49. The molecule has 2 aromatic heterocycles. The van der Waals surface area contributed by atoms with E-state index in [9.17, 15) is 0 Å². The lowest BCUT2D eigenvalue weighted by atomic mass is 10.1. The minimum Gasteiger partial charge on any atom is -0.259 e. The van der Waals surface area contributed by atoms with Crippen LogP contribution in [0.15, 0.2) is 30.6 Å². The maximum absolute atomic E-state index is 5.99. The number of pyridine rings is 2. The van der Waals surface area contributed by atoms with E-state index in [0.717, 1.165) is 16.8 Å². The zero-order valence-electron chi connectivity index (χ0n) is 8.04. The van der Waals surface area contributed by atoms with Gasteiger partial charge in [-0.1, -0.05) is 23.2 Å². The van der Waals surface area contributed by atoms with Gasteiger partial charge in [0, 0.05) is 23.5 Å². The molecule has 0 aliphatic carbocycles. The maximum atomic E-state index is 5.99. The van der Waals surface area contributed by atoms with Crippen LogP contribution in [-0.2, 0) is 0 Å². The van der Waals surface area contributed by atoms with Gasteiger partial charge in [-0.3, -0.25) is 4.98 Å². The van der Waals surface area contributed by atoms with Gasteiger partial charge >= 0.3 is 0 Å². The number of aromatic nitrogens is 2. The van der Waals surface area contributed by atoms with E-state index in [1.165, 1.54) is 0 Å². The van der Waals surface area contributed by atoms with E-state index in [0.29, 0.717) is 10.2 Å². The van der Waals surface area contributed by atoms with Crippen LogP contribution in [0.3, 0.4) is 0 Å². The molecule has 2 aromatic rings. The van der Waals surface area contributed by atoms with Crippen LogP contribution in [-0.4, -0.2) is 9.97 Å². The lowest BCUT2D eigenvalue weighted by Crippen LogP contribution is -1.86. The predicted octanol–water partition coefficient (Wildman–Crippen LogP) is 3.76. The molecule has 2 rings (SSSR count).